The maximum absolute atomic E-state index is 12.6. The highest BCUT2D eigenvalue weighted by Crippen LogP contribution is 2.14. The second-order valence-electron chi connectivity index (χ2n) is 8.20. The van der Waals surface area contributed by atoms with Crippen LogP contribution in [0.4, 0.5) is 5.82 Å². The molecule has 31 heavy (non-hydrogen) atoms. The van der Waals surface area contributed by atoms with Crippen LogP contribution < -0.4 is 4.90 Å². The molecule has 0 N–H and O–H groups in total. The Morgan fingerprint density at radius 2 is 1.29 bits per heavy atom. The summed E-state index contributed by atoms with van der Waals surface area (Å²) in [5.74, 6) is 1.13. The molecule has 0 unspecified atom stereocenters. The molecule has 2 aromatic rings. The van der Waals surface area contributed by atoms with Gasteiger partial charge in [-0.2, -0.15) is 0 Å². The molecule has 1 aromatic carbocycles. The highest BCUT2D eigenvalue weighted by atomic mass is 16.2. The normalized spacial score (nSPS) is 17.6. The van der Waals surface area contributed by atoms with E-state index in [1.54, 1.807) is 6.20 Å². The summed E-state index contributed by atoms with van der Waals surface area (Å²) in [6, 6.07) is 16.3. The summed E-state index contributed by atoms with van der Waals surface area (Å²) in [7, 11) is 0. The van der Waals surface area contributed by atoms with Gasteiger partial charge in [-0.3, -0.25) is 14.5 Å². The molecule has 2 aliphatic rings. The Balaban J connectivity index is 1.15. The smallest absolute Gasteiger partial charge is 0.223 e. The van der Waals surface area contributed by atoms with Gasteiger partial charge in [-0.05, 0) is 17.7 Å². The van der Waals surface area contributed by atoms with Gasteiger partial charge in [0.05, 0.1) is 0 Å². The molecule has 7 nitrogen and oxygen atoms in total. The van der Waals surface area contributed by atoms with Gasteiger partial charge in [-0.25, -0.2) is 4.98 Å². The van der Waals surface area contributed by atoms with E-state index in [0.717, 1.165) is 51.6 Å². The van der Waals surface area contributed by atoms with Gasteiger partial charge >= 0.3 is 0 Å². The van der Waals surface area contributed by atoms with E-state index in [4.69, 9.17) is 0 Å². The Kier molecular flexibility index (Phi) is 7.14. The van der Waals surface area contributed by atoms with E-state index in [2.05, 4.69) is 39.0 Å². The van der Waals surface area contributed by atoms with Crippen LogP contribution in [0.1, 0.15) is 18.4 Å². The van der Waals surface area contributed by atoms with Crippen LogP contribution in [0.25, 0.3) is 0 Å². The van der Waals surface area contributed by atoms with Crippen molar-refractivity contribution in [1.29, 1.82) is 0 Å². The number of piperazine rings is 2. The van der Waals surface area contributed by atoms with Crippen molar-refractivity contribution < 1.29 is 9.59 Å². The van der Waals surface area contributed by atoms with Crippen LogP contribution in [-0.2, 0) is 16.1 Å². The Morgan fingerprint density at radius 1 is 0.710 bits per heavy atom. The number of nitrogens with zero attached hydrogens (tertiary/aromatic N) is 5. The average molecular weight is 422 g/mol. The summed E-state index contributed by atoms with van der Waals surface area (Å²) < 4.78 is 0. The zero-order valence-corrected chi connectivity index (χ0v) is 18.0. The Morgan fingerprint density at radius 3 is 1.87 bits per heavy atom. The Hall–Kier alpha value is -2.93. The van der Waals surface area contributed by atoms with Gasteiger partial charge in [0.15, 0.2) is 0 Å². The summed E-state index contributed by atoms with van der Waals surface area (Å²) in [5.41, 5.74) is 1.30. The van der Waals surface area contributed by atoms with Crippen LogP contribution in [0, 0.1) is 0 Å². The fraction of sp³-hybridized carbons (Fsp3) is 0.458. The summed E-state index contributed by atoms with van der Waals surface area (Å²) >= 11 is 0. The molecule has 0 aliphatic carbocycles. The maximum atomic E-state index is 12.6. The molecule has 2 amide bonds. The van der Waals surface area contributed by atoms with Crippen molar-refractivity contribution in [2.45, 2.75) is 19.4 Å². The first-order valence-corrected chi connectivity index (χ1v) is 11.2. The van der Waals surface area contributed by atoms with Crippen molar-refractivity contribution in [3.63, 3.8) is 0 Å². The van der Waals surface area contributed by atoms with Crippen molar-refractivity contribution in [2.24, 2.45) is 0 Å². The zero-order chi connectivity index (χ0) is 21.5. The van der Waals surface area contributed by atoms with Gasteiger partial charge in [-0.1, -0.05) is 36.4 Å². The van der Waals surface area contributed by atoms with Gasteiger partial charge < -0.3 is 14.7 Å². The first-order chi connectivity index (χ1) is 15.2. The highest BCUT2D eigenvalue weighted by Gasteiger charge is 2.25. The van der Waals surface area contributed by atoms with Gasteiger partial charge in [0.1, 0.15) is 5.82 Å². The van der Waals surface area contributed by atoms with Crippen LogP contribution in [0.15, 0.2) is 54.7 Å². The van der Waals surface area contributed by atoms with Crippen molar-refractivity contribution in [3.8, 4) is 0 Å². The number of anilines is 1. The predicted octanol–water partition coefficient (Wildman–Crippen LogP) is 1.85. The molecule has 0 radical (unpaired) electrons. The van der Waals surface area contributed by atoms with Gasteiger partial charge in [0.25, 0.3) is 0 Å². The first-order valence-electron chi connectivity index (χ1n) is 11.2. The fourth-order valence-electron chi connectivity index (χ4n) is 4.25. The van der Waals surface area contributed by atoms with Crippen LogP contribution in [-0.4, -0.2) is 83.9 Å². The summed E-state index contributed by atoms with van der Waals surface area (Å²) in [6.45, 7) is 7.08. The van der Waals surface area contributed by atoms with Gasteiger partial charge in [-0.15, -0.1) is 0 Å². The minimum Gasteiger partial charge on any atom is -0.353 e. The molecule has 0 spiro atoms. The molecule has 0 saturated carbocycles. The monoisotopic (exact) mass is 421 g/mol. The quantitative estimate of drug-likeness (QED) is 0.713. The van der Waals surface area contributed by atoms with Crippen molar-refractivity contribution in [2.75, 3.05) is 57.3 Å². The predicted molar refractivity (Wildman–Crippen MR) is 121 cm³/mol. The number of carbonyl (C=O) groups excluding carboxylic acids is 2. The standard InChI is InChI=1S/C24H31N5O2/c30-23(28-14-12-26(13-15-28)20-21-6-2-1-3-7-21)9-10-24(31)29-18-16-27(17-19-29)22-8-4-5-11-25-22/h1-8,11H,9-10,12-20H2. The molecule has 7 heteroatoms. The number of carbonyl (C=O) groups is 2. The van der Waals surface area contributed by atoms with E-state index in [0.29, 0.717) is 25.9 Å². The Bertz CT molecular complexity index is 845. The third-order valence-corrected chi connectivity index (χ3v) is 6.13. The van der Waals surface area contributed by atoms with E-state index in [-0.39, 0.29) is 11.8 Å². The van der Waals surface area contributed by atoms with Gasteiger partial charge in [0.2, 0.25) is 11.8 Å². The minimum atomic E-state index is 0.0803. The number of rotatable bonds is 6. The number of aromatic nitrogens is 1. The molecule has 1 aromatic heterocycles. The largest absolute Gasteiger partial charge is 0.353 e. The molecule has 164 valence electrons. The molecule has 2 fully saturated rings. The lowest BCUT2D eigenvalue weighted by atomic mass is 10.2. The molecular formula is C24H31N5O2. The molecule has 2 aliphatic heterocycles. The van der Waals surface area contributed by atoms with Crippen molar-refractivity contribution in [1.82, 2.24) is 19.7 Å². The van der Waals surface area contributed by atoms with E-state index < -0.39 is 0 Å². The van der Waals surface area contributed by atoms with Gasteiger partial charge in [0, 0.05) is 77.9 Å². The molecule has 3 heterocycles. The lowest BCUT2D eigenvalue weighted by Gasteiger charge is -2.36. The van der Waals surface area contributed by atoms with Crippen molar-refractivity contribution >= 4 is 17.6 Å². The number of amides is 2. The van der Waals surface area contributed by atoms with E-state index in [9.17, 15) is 9.59 Å². The highest BCUT2D eigenvalue weighted by molar-refractivity contribution is 5.84. The van der Waals surface area contributed by atoms with Crippen LogP contribution in [0.2, 0.25) is 0 Å². The summed E-state index contributed by atoms with van der Waals surface area (Å²) in [5, 5.41) is 0. The van der Waals surface area contributed by atoms with Crippen LogP contribution in [0.3, 0.4) is 0 Å². The van der Waals surface area contributed by atoms with Crippen LogP contribution >= 0.6 is 0 Å². The third kappa shape index (κ3) is 5.82. The number of hydrogen-bond acceptors (Lipinski definition) is 5. The van der Waals surface area contributed by atoms with Crippen molar-refractivity contribution in [3.05, 3.63) is 60.3 Å². The average Bonchev–Trinajstić information content (AvgIpc) is 2.84. The summed E-state index contributed by atoms with van der Waals surface area (Å²) in [6.07, 6.45) is 2.39. The van der Waals surface area contributed by atoms with Crippen LogP contribution in [0.5, 0.6) is 0 Å². The second-order valence-corrected chi connectivity index (χ2v) is 8.20. The topological polar surface area (TPSA) is 60.0 Å². The third-order valence-electron chi connectivity index (χ3n) is 6.13. The SMILES string of the molecule is O=C(CCC(=O)N1CCN(c2ccccn2)CC1)N1CCN(Cc2ccccc2)CC1. The first kappa shape index (κ1) is 21.3. The molecule has 0 bridgehead atoms. The van der Waals surface area contributed by atoms with E-state index in [1.165, 1.54) is 5.56 Å². The lowest BCUT2D eigenvalue weighted by Crippen LogP contribution is -2.50. The fourth-order valence-corrected chi connectivity index (χ4v) is 4.25. The lowest BCUT2D eigenvalue weighted by molar-refractivity contribution is -0.138. The Labute approximate surface area is 184 Å². The number of pyridine rings is 1. The minimum absolute atomic E-state index is 0.0803. The molecule has 2 saturated heterocycles. The number of benzene rings is 1. The summed E-state index contributed by atoms with van der Waals surface area (Å²) in [4.78, 5) is 38.0. The number of hydrogen-bond donors (Lipinski definition) is 0. The maximum Gasteiger partial charge on any atom is 0.223 e. The molecular weight excluding hydrogens is 390 g/mol. The zero-order valence-electron chi connectivity index (χ0n) is 18.0. The van der Waals surface area contributed by atoms with E-state index in [1.807, 2.05) is 34.1 Å². The molecule has 0 atom stereocenters. The van der Waals surface area contributed by atoms with E-state index >= 15 is 0 Å². The second kappa shape index (κ2) is 10.4. The molecule has 4 rings (SSSR count).